The molecule has 1 fully saturated rings. The van der Waals surface area contributed by atoms with Crippen LogP contribution in [0.1, 0.15) is 16.8 Å². The summed E-state index contributed by atoms with van der Waals surface area (Å²) in [5.41, 5.74) is 6.66. The molecule has 1 aromatic carbocycles. The number of nitrogens with two attached hydrogens (primary N) is 1. The molecular formula is C12H18ClN3O3S. The summed E-state index contributed by atoms with van der Waals surface area (Å²) >= 11 is 0. The molecule has 1 atom stereocenters. The van der Waals surface area contributed by atoms with E-state index in [1.807, 2.05) is 0 Å². The van der Waals surface area contributed by atoms with Crippen molar-refractivity contribution in [1.29, 1.82) is 0 Å². The summed E-state index contributed by atoms with van der Waals surface area (Å²) in [5, 5.41) is 0. The highest BCUT2D eigenvalue weighted by molar-refractivity contribution is 7.88. The Morgan fingerprint density at radius 2 is 2.05 bits per heavy atom. The van der Waals surface area contributed by atoms with Gasteiger partial charge in [0.1, 0.15) is 0 Å². The van der Waals surface area contributed by atoms with Gasteiger partial charge in [0.2, 0.25) is 10.0 Å². The molecule has 8 heteroatoms. The number of amides is 1. The fourth-order valence-electron chi connectivity index (χ4n) is 2.21. The number of hydrogen-bond donors (Lipinski definition) is 2. The van der Waals surface area contributed by atoms with E-state index in [9.17, 15) is 13.2 Å². The molecule has 112 valence electrons. The molecule has 1 aliphatic rings. The van der Waals surface area contributed by atoms with Crippen LogP contribution in [0.4, 0.5) is 5.69 Å². The van der Waals surface area contributed by atoms with Crippen molar-refractivity contribution in [2.24, 2.45) is 0 Å². The van der Waals surface area contributed by atoms with Crippen LogP contribution in [-0.4, -0.2) is 44.6 Å². The maximum Gasteiger partial charge on any atom is 0.255 e. The van der Waals surface area contributed by atoms with E-state index in [1.54, 1.807) is 29.2 Å². The van der Waals surface area contributed by atoms with Crippen molar-refractivity contribution < 1.29 is 13.2 Å². The van der Waals surface area contributed by atoms with E-state index in [-0.39, 0.29) is 24.4 Å². The largest absolute Gasteiger partial charge is 0.398 e. The number of sulfonamides is 1. The Morgan fingerprint density at radius 3 is 2.65 bits per heavy atom. The SMILES string of the molecule is CS(=O)(=O)NC1CCN(C(=O)c2ccccc2N)C1.Cl. The molecule has 2 rings (SSSR count). The van der Waals surface area contributed by atoms with Crippen LogP contribution in [0.15, 0.2) is 24.3 Å². The predicted molar refractivity (Wildman–Crippen MR) is 80.4 cm³/mol. The first kappa shape index (κ1) is 16.7. The fraction of sp³-hybridized carbons (Fsp3) is 0.417. The Kier molecular flexibility index (Phi) is 5.38. The zero-order valence-corrected chi connectivity index (χ0v) is 12.7. The van der Waals surface area contributed by atoms with Gasteiger partial charge in [-0.25, -0.2) is 13.1 Å². The second kappa shape index (κ2) is 6.43. The number of halogens is 1. The van der Waals surface area contributed by atoms with E-state index in [0.717, 1.165) is 6.26 Å². The summed E-state index contributed by atoms with van der Waals surface area (Å²) in [4.78, 5) is 13.9. The summed E-state index contributed by atoms with van der Waals surface area (Å²) in [6, 6.07) is 6.66. The molecule has 0 aliphatic carbocycles. The molecule has 1 saturated heterocycles. The molecule has 6 nitrogen and oxygen atoms in total. The molecule has 1 unspecified atom stereocenters. The van der Waals surface area contributed by atoms with Crippen LogP contribution in [0.3, 0.4) is 0 Å². The van der Waals surface area contributed by atoms with E-state index < -0.39 is 10.0 Å². The van der Waals surface area contributed by atoms with Crippen molar-refractivity contribution in [3.8, 4) is 0 Å². The highest BCUT2D eigenvalue weighted by atomic mass is 35.5. The fourth-order valence-corrected chi connectivity index (χ4v) is 3.00. The summed E-state index contributed by atoms with van der Waals surface area (Å²) in [7, 11) is -3.24. The summed E-state index contributed by atoms with van der Waals surface area (Å²) in [5.74, 6) is -0.157. The molecule has 1 amide bonds. The van der Waals surface area contributed by atoms with Crippen molar-refractivity contribution >= 4 is 34.0 Å². The van der Waals surface area contributed by atoms with Crippen molar-refractivity contribution in [2.75, 3.05) is 25.1 Å². The van der Waals surface area contributed by atoms with Gasteiger partial charge in [0, 0.05) is 24.8 Å². The lowest BCUT2D eigenvalue weighted by atomic mass is 10.1. The third-order valence-corrected chi connectivity index (χ3v) is 3.81. The van der Waals surface area contributed by atoms with Crippen LogP contribution in [0, 0.1) is 0 Å². The second-order valence-corrected chi connectivity index (χ2v) is 6.49. The number of hydrogen-bond acceptors (Lipinski definition) is 4. The highest BCUT2D eigenvalue weighted by Gasteiger charge is 2.29. The van der Waals surface area contributed by atoms with Crippen LogP contribution >= 0.6 is 12.4 Å². The van der Waals surface area contributed by atoms with Gasteiger partial charge < -0.3 is 10.6 Å². The molecule has 1 aliphatic heterocycles. The molecule has 20 heavy (non-hydrogen) atoms. The zero-order chi connectivity index (χ0) is 14.0. The van der Waals surface area contributed by atoms with E-state index in [2.05, 4.69) is 4.72 Å². The van der Waals surface area contributed by atoms with Gasteiger partial charge in [-0.15, -0.1) is 12.4 Å². The Bertz CT molecular complexity index is 591. The van der Waals surface area contributed by atoms with E-state index in [4.69, 9.17) is 5.73 Å². The topological polar surface area (TPSA) is 92.5 Å². The van der Waals surface area contributed by atoms with Crippen molar-refractivity contribution in [3.05, 3.63) is 29.8 Å². The minimum Gasteiger partial charge on any atom is -0.398 e. The van der Waals surface area contributed by atoms with Crippen LogP contribution in [0.2, 0.25) is 0 Å². The van der Waals surface area contributed by atoms with Crippen LogP contribution in [-0.2, 0) is 10.0 Å². The maximum atomic E-state index is 12.2. The zero-order valence-electron chi connectivity index (χ0n) is 11.1. The summed E-state index contributed by atoms with van der Waals surface area (Å²) in [6.45, 7) is 0.903. The van der Waals surface area contributed by atoms with Gasteiger partial charge in [-0.2, -0.15) is 0 Å². The first-order valence-corrected chi connectivity index (χ1v) is 7.87. The van der Waals surface area contributed by atoms with E-state index in [1.165, 1.54) is 0 Å². The van der Waals surface area contributed by atoms with Gasteiger partial charge in [0.25, 0.3) is 5.91 Å². The smallest absolute Gasteiger partial charge is 0.255 e. The van der Waals surface area contributed by atoms with E-state index >= 15 is 0 Å². The molecule has 3 N–H and O–H groups in total. The molecule has 0 radical (unpaired) electrons. The third kappa shape index (κ3) is 4.09. The minimum absolute atomic E-state index is 0. The average Bonchev–Trinajstić information content (AvgIpc) is 2.75. The molecular weight excluding hydrogens is 302 g/mol. The van der Waals surface area contributed by atoms with Gasteiger partial charge in [-0.3, -0.25) is 4.79 Å². The maximum absolute atomic E-state index is 12.2. The normalized spacial score (nSPS) is 18.6. The number of benzene rings is 1. The van der Waals surface area contributed by atoms with Crippen molar-refractivity contribution in [1.82, 2.24) is 9.62 Å². The molecule has 0 spiro atoms. The Balaban J connectivity index is 0.00000200. The number of anilines is 1. The van der Waals surface area contributed by atoms with Crippen molar-refractivity contribution in [3.63, 3.8) is 0 Å². The lowest BCUT2D eigenvalue weighted by Gasteiger charge is -2.17. The number of nitrogens with zero attached hydrogens (tertiary/aromatic N) is 1. The first-order valence-electron chi connectivity index (χ1n) is 5.98. The highest BCUT2D eigenvalue weighted by Crippen LogP contribution is 2.18. The van der Waals surface area contributed by atoms with Gasteiger partial charge in [-0.1, -0.05) is 12.1 Å². The number of nitrogens with one attached hydrogen (secondary N) is 1. The second-order valence-electron chi connectivity index (χ2n) is 4.71. The van der Waals surface area contributed by atoms with Crippen LogP contribution in [0.25, 0.3) is 0 Å². The minimum atomic E-state index is -3.24. The number of likely N-dealkylation sites (tertiary alicyclic amines) is 1. The van der Waals surface area contributed by atoms with Crippen LogP contribution < -0.4 is 10.5 Å². The third-order valence-electron chi connectivity index (χ3n) is 3.05. The number of carbonyl (C=O) groups excluding carboxylic acids is 1. The average molecular weight is 320 g/mol. The number of carbonyl (C=O) groups is 1. The lowest BCUT2D eigenvalue weighted by Crippen LogP contribution is -2.38. The molecule has 0 bridgehead atoms. The number of nitrogen functional groups attached to an aromatic ring is 1. The van der Waals surface area contributed by atoms with Gasteiger partial charge in [0.15, 0.2) is 0 Å². The lowest BCUT2D eigenvalue weighted by molar-refractivity contribution is 0.0791. The molecule has 0 saturated carbocycles. The molecule has 1 aromatic rings. The van der Waals surface area contributed by atoms with Gasteiger partial charge >= 0.3 is 0 Å². The predicted octanol–water partition coefficient (Wildman–Crippen LogP) is 0.454. The standard InChI is InChI=1S/C12H17N3O3S.ClH/c1-19(17,18)14-9-6-7-15(8-9)12(16)10-4-2-3-5-11(10)13;/h2-5,9,14H,6-8,13H2,1H3;1H. The van der Waals surface area contributed by atoms with E-state index in [0.29, 0.717) is 30.8 Å². The number of para-hydroxylation sites is 1. The summed E-state index contributed by atoms with van der Waals surface area (Å²) in [6.07, 6.45) is 1.73. The Morgan fingerprint density at radius 1 is 1.40 bits per heavy atom. The Hall–Kier alpha value is -1.31. The van der Waals surface area contributed by atoms with Crippen LogP contribution in [0.5, 0.6) is 0 Å². The molecule has 1 heterocycles. The van der Waals surface area contributed by atoms with Gasteiger partial charge in [-0.05, 0) is 18.6 Å². The van der Waals surface area contributed by atoms with Crippen molar-refractivity contribution in [2.45, 2.75) is 12.5 Å². The molecule has 0 aromatic heterocycles. The first-order chi connectivity index (χ1) is 8.87. The summed E-state index contributed by atoms with van der Waals surface area (Å²) < 4.78 is 24.8. The van der Waals surface area contributed by atoms with Gasteiger partial charge in [0.05, 0.1) is 11.8 Å². The number of rotatable bonds is 3. The quantitative estimate of drug-likeness (QED) is 0.791. The Labute approximate surface area is 124 Å². The monoisotopic (exact) mass is 319 g/mol.